The normalized spacial score (nSPS) is 9.60. The standard InChI is InChI=1S/C10H9NO4/c1-2-3-7-4-8(10(12)13)6-9(5-7)11(14)15/h2,4-6H,1,3H2,(H,12,13). The van der Waals surface area contributed by atoms with Gasteiger partial charge in [0, 0.05) is 12.1 Å². The fourth-order valence-corrected chi connectivity index (χ4v) is 1.19. The Bertz CT molecular complexity index is 393. The van der Waals surface area contributed by atoms with E-state index in [1.54, 1.807) is 6.08 Å². The average molecular weight is 207 g/mol. The molecule has 0 bridgehead atoms. The van der Waals surface area contributed by atoms with E-state index < -0.39 is 10.9 Å². The highest BCUT2D eigenvalue weighted by Crippen LogP contribution is 2.17. The van der Waals surface area contributed by atoms with Gasteiger partial charge in [-0.25, -0.2) is 4.79 Å². The van der Waals surface area contributed by atoms with Crippen LogP contribution in [0, 0.1) is 10.1 Å². The number of allylic oxidation sites excluding steroid dienone is 1. The third-order valence-electron chi connectivity index (χ3n) is 1.82. The number of carboxylic acid groups (broad SMARTS) is 1. The molecule has 1 N–H and O–H groups in total. The molecular formula is C10H9NO4. The molecule has 1 aromatic carbocycles. The van der Waals surface area contributed by atoms with E-state index in [2.05, 4.69) is 6.58 Å². The van der Waals surface area contributed by atoms with Gasteiger partial charge in [0.1, 0.15) is 0 Å². The Hall–Kier alpha value is -2.17. The molecule has 0 spiro atoms. The minimum atomic E-state index is -1.18. The van der Waals surface area contributed by atoms with Crippen LogP contribution in [0.2, 0.25) is 0 Å². The fourth-order valence-electron chi connectivity index (χ4n) is 1.19. The summed E-state index contributed by atoms with van der Waals surface area (Å²) in [4.78, 5) is 20.6. The van der Waals surface area contributed by atoms with Crippen molar-refractivity contribution in [1.29, 1.82) is 0 Å². The van der Waals surface area contributed by atoms with Gasteiger partial charge >= 0.3 is 5.97 Å². The molecule has 0 radical (unpaired) electrons. The molecule has 0 saturated carbocycles. The third kappa shape index (κ3) is 2.63. The molecular weight excluding hydrogens is 198 g/mol. The Balaban J connectivity index is 3.25. The van der Waals surface area contributed by atoms with Crippen molar-refractivity contribution in [2.24, 2.45) is 0 Å². The van der Waals surface area contributed by atoms with Gasteiger partial charge in [0.2, 0.25) is 0 Å². The molecule has 78 valence electrons. The molecule has 0 aliphatic rings. The van der Waals surface area contributed by atoms with Crippen LogP contribution >= 0.6 is 0 Å². The first-order valence-electron chi connectivity index (χ1n) is 4.17. The van der Waals surface area contributed by atoms with E-state index in [4.69, 9.17) is 5.11 Å². The summed E-state index contributed by atoms with van der Waals surface area (Å²) in [7, 11) is 0. The quantitative estimate of drug-likeness (QED) is 0.465. The molecule has 0 aliphatic heterocycles. The Morgan fingerprint density at radius 3 is 2.67 bits per heavy atom. The van der Waals surface area contributed by atoms with Gasteiger partial charge in [-0.2, -0.15) is 0 Å². The lowest BCUT2D eigenvalue weighted by Crippen LogP contribution is -2.00. The van der Waals surface area contributed by atoms with E-state index in [1.165, 1.54) is 12.1 Å². The van der Waals surface area contributed by atoms with Crippen LogP contribution in [0.1, 0.15) is 15.9 Å². The summed E-state index contributed by atoms with van der Waals surface area (Å²) in [6, 6.07) is 3.78. The van der Waals surface area contributed by atoms with Crippen molar-refractivity contribution in [2.45, 2.75) is 6.42 Å². The first kappa shape index (κ1) is 10.9. The number of nitro benzene ring substituents is 1. The molecule has 1 rings (SSSR count). The zero-order valence-electron chi connectivity index (χ0n) is 7.84. The molecule has 0 unspecified atom stereocenters. The smallest absolute Gasteiger partial charge is 0.335 e. The first-order chi connectivity index (χ1) is 7.04. The number of carboxylic acids is 1. The van der Waals surface area contributed by atoms with Crippen molar-refractivity contribution in [3.63, 3.8) is 0 Å². The number of aromatic carboxylic acids is 1. The molecule has 0 aliphatic carbocycles. The summed E-state index contributed by atoms with van der Waals surface area (Å²) in [5, 5.41) is 19.3. The Morgan fingerprint density at radius 1 is 1.53 bits per heavy atom. The molecule has 0 saturated heterocycles. The summed E-state index contributed by atoms with van der Waals surface area (Å²) in [5.41, 5.74) is 0.268. The average Bonchev–Trinajstić information content (AvgIpc) is 2.17. The zero-order valence-corrected chi connectivity index (χ0v) is 7.84. The van der Waals surface area contributed by atoms with Crippen molar-refractivity contribution in [3.05, 3.63) is 52.1 Å². The lowest BCUT2D eigenvalue weighted by Gasteiger charge is -2.00. The van der Waals surface area contributed by atoms with Gasteiger partial charge in [-0.1, -0.05) is 6.08 Å². The molecule has 0 aromatic heterocycles. The maximum absolute atomic E-state index is 10.7. The van der Waals surface area contributed by atoms with Gasteiger partial charge in [-0.15, -0.1) is 6.58 Å². The summed E-state index contributed by atoms with van der Waals surface area (Å²) >= 11 is 0. The molecule has 0 amide bonds. The van der Waals surface area contributed by atoms with Crippen LogP contribution in [0.3, 0.4) is 0 Å². The van der Waals surface area contributed by atoms with Gasteiger partial charge in [-0.3, -0.25) is 10.1 Å². The molecule has 0 atom stereocenters. The van der Waals surface area contributed by atoms with Gasteiger partial charge < -0.3 is 5.11 Å². The molecule has 5 nitrogen and oxygen atoms in total. The van der Waals surface area contributed by atoms with Crippen LogP contribution in [0.15, 0.2) is 30.9 Å². The number of benzene rings is 1. The summed E-state index contributed by atoms with van der Waals surface area (Å²) in [5.74, 6) is -1.18. The van der Waals surface area contributed by atoms with Crippen LogP contribution in [0.4, 0.5) is 5.69 Å². The predicted molar refractivity (Wildman–Crippen MR) is 54.0 cm³/mol. The first-order valence-corrected chi connectivity index (χ1v) is 4.17. The maximum atomic E-state index is 10.7. The lowest BCUT2D eigenvalue weighted by molar-refractivity contribution is -0.384. The van der Waals surface area contributed by atoms with Crippen LogP contribution in [-0.4, -0.2) is 16.0 Å². The molecule has 5 heteroatoms. The highest BCUT2D eigenvalue weighted by Gasteiger charge is 2.12. The topological polar surface area (TPSA) is 80.4 Å². The van der Waals surface area contributed by atoms with E-state index in [-0.39, 0.29) is 11.3 Å². The van der Waals surface area contributed by atoms with Crippen molar-refractivity contribution in [1.82, 2.24) is 0 Å². The number of carbonyl (C=O) groups is 1. The number of nitro groups is 1. The molecule has 15 heavy (non-hydrogen) atoms. The Labute approximate surface area is 85.8 Å². The van der Waals surface area contributed by atoms with Crippen LogP contribution in [0.5, 0.6) is 0 Å². The second kappa shape index (κ2) is 4.36. The minimum Gasteiger partial charge on any atom is -0.478 e. The van der Waals surface area contributed by atoms with Crippen molar-refractivity contribution in [3.8, 4) is 0 Å². The second-order valence-electron chi connectivity index (χ2n) is 2.94. The van der Waals surface area contributed by atoms with Gasteiger partial charge in [0.05, 0.1) is 10.5 Å². The van der Waals surface area contributed by atoms with Crippen LogP contribution < -0.4 is 0 Å². The largest absolute Gasteiger partial charge is 0.478 e. The lowest BCUT2D eigenvalue weighted by atomic mass is 10.1. The Morgan fingerprint density at radius 2 is 2.20 bits per heavy atom. The van der Waals surface area contributed by atoms with Crippen molar-refractivity contribution >= 4 is 11.7 Å². The highest BCUT2D eigenvalue weighted by molar-refractivity contribution is 5.88. The van der Waals surface area contributed by atoms with Crippen molar-refractivity contribution in [2.75, 3.05) is 0 Å². The summed E-state index contributed by atoms with van der Waals surface area (Å²) < 4.78 is 0. The van der Waals surface area contributed by atoms with E-state index in [9.17, 15) is 14.9 Å². The van der Waals surface area contributed by atoms with Crippen LogP contribution in [0.25, 0.3) is 0 Å². The molecule has 0 heterocycles. The van der Waals surface area contributed by atoms with Crippen molar-refractivity contribution < 1.29 is 14.8 Å². The predicted octanol–water partition coefficient (Wildman–Crippen LogP) is 2.02. The Kier molecular flexibility index (Phi) is 3.17. The summed E-state index contributed by atoms with van der Waals surface area (Å²) in [6.45, 7) is 3.49. The second-order valence-corrected chi connectivity index (χ2v) is 2.94. The molecule has 1 aromatic rings. The van der Waals surface area contributed by atoms with E-state index >= 15 is 0 Å². The minimum absolute atomic E-state index is 0.0824. The van der Waals surface area contributed by atoms with E-state index in [1.807, 2.05) is 0 Å². The van der Waals surface area contributed by atoms with Gasteiger partial charge in [-0.05, 0) is 18.1 Å². The van der Waals surface area contributed by atoms with E-state index in [0.29, 0.717) is 12.0 Å². The highest BCUT2D eigenvalue weighted by atomic mass is 16.6. The number of hydrogen-bond donors (Lipinski definition) is 1. The maximum Gasteiger partial charge on any atom is 0.335 e. The SMILES string of the molecule is C=CCc1cc(C(=O)O)cc([N+](=O)[O-])c1. The monoisotopic (exact) mass is 207 g/mol. The van der Waals surface area contributed by atoms with Crippen LogP contribution in [-0.2, 0) is 6.42 Å². The number of non-ortho nitro benzene ring substituents is 1. The fraction of sp³-hybridized carbons (Fsp3) is 0.100. The third-order valence-corrected chi connectivity index (χ3v) is 1.82. The van der Waals surface area contributed by atoms with E-state index in [0.717, 1.165) is 6.07 Å². The summed E-state index contributed by atoms with van der Waals surface area (Å²) in [6.07, 6.45) is 1.96. The number of rotatable bonds is 4. The number of hydrogen-bond acceptors (Lipinski definition) is 3. The van der Waals surface area contributed by atoms with Gasteiger partial charge in [0.15, 0.2) is 0 Å². The zero-order chi connectivity index (χ0) is 11.4. The van der Waals surface area contributed by atoms with Gasteiger partial charge in [0.25, 0.3) is 5.69 Å². The molecule has 0 fully saturated rings. The number of nitrogens with zero attached hydrogens (tertiary/aromatic N) is 1.